The zero-order valence-electron chi connectivity index (χ0n) is 15.2. The van der Waals surface area contributed by atoms with E-state index in [0.29, 0.717) is 10.6 Å². The molecule has 0 fully saturated rings. The van der Waals surface area contributed by atoms with E-state index < -0.39 is 0 Å². The number of nitrogens with zero attached hydrogens (tertiary/aromatic N) is 2. The van der Waals surface area contributed by atoms with Crippen LogP contribution >= 0.6 is 11.3 Å². The van der Waals surface area contributed by atoms with Crippen LogP contribution < -0.4 is 10.6 Å². The van der Waals surface area contributed by atoms with E-state index in [9.17, 15) is 4.79 Å². The zero-order chi connectivity index (χ0) is 18.7. The Morgan fingerprint density at radius 2 is 2.04 bits per heavy atom. The van der Waals surface area contributed by atoms with E-state index >= 15 is 0 Å². The van der Waals surface area contributed by atoms with Crippen molar-refractivity contribution >= 4 is 49.7 Å². The van der Waals surface area contributed by atoms with Crippen molar-refractivity contribution in [3.8, 4) is 0 Å². The number of aromatic nitrogens is 1. The van der Waals surface area contributed by atoms with Gasteiger partial charge in [0.1, 0.15) is 9.71 Å². The smallest absolute Gasteiger partial charge is 0.270 e. The number of para-hydroxylation sites is 1. The Balaban J connectivity index is 1.65. The Bertz CT molecular complexity index is 1230. The molecule has 0 aliphatic carbocycles. The van der Waals surface area contributed by atoms with Crippen LogP contribution in [0.1, 0.15) is 27.7 Å². The Hall–Kier alpha value is -2.92. The van der Waals surface area contributed by atoms with E-state index in [-0.39, 0.29) is 11.9 Å². The molecule has 0 unspecified atom stereocenters. The van der Waals surface area contributed by atoms with E-state index in [1.807, 2.05) is 29.2 Å². The molecule has 0 radical (unpaired) electrons. The highest BCUT2D eigenvalue weighted by molar-refractivity contribution is 7.21. The van der Waals surface area contributed by atoms with Gasteiger partial charge in [0.2, 0.25) is 0 Å². The molecule has 5 heteroatoms. The van der Waals surface area contributed by atoms with Crippen LogP contribution in [0.3, 0.4) is 0 Å². The second-order valence-corrected chi connectivity index (χ2v) is 8.24. The van der Waals surface area contributed by atoms with Crippen molar-refractivity contribution in [2.24, 2.45) is 0 Å². The van der Waals surface area contributed by atoms with E-state index in [1.54, 1.807) is 0 Å². The highest BCUT2D eigenvalue weighted by atomic mass is 32.1. The first-order valence-electron chi connectivity index (χ1n) is 9.04. The summed E-state index contributed by atoms with van der Waals surface area (Å²) in [5.41, 5.74) is 11.2. The Labute approximate surface area is 161 Å². The van der Waals surface area contributed by atoms with Crippen LogP contribution in [0.5, 0.6) is 0 Å². The van der Waals surface area contributed by atoms with Crippen molar-refractivity contribution in [3.63, 3.8) is 0 Å². The summed E-state index contributed by atoms with van der Waals surface area (Å²) >= 11 is 1.39. The molecule has 0 spiro atoms. The third-order valence-corrected chi connectivity index (χ3v) is 6.40. The molecule has 134 valence electrons. The molecule has 5 rings (SSSR count). The predicted octanol–water partition coefficient (Wildman–Crippen LogP) is 4.93. The fourth-order valence-electron chi connectivity index (χ4n) is 3.95. The van der Waals surface area contributed by atoms with E-state index in [1.165, 1.54) is 16.9 Å². The molecular weight excluding hydrogens is 354 g/mol. The van der Waals surface area contributed by atoms with Gasteiger partial charge < -0.3 is 10.6 Å². The molecule has 1 atom stereocenters. The number of hydrogen-bond acceptors (Lipinski definition) is 4. The van der Waals surface area contributed by atoms with Crippen molar-refractivity contribution in [1.82, 2.24) is 4.98 Å². The van der Waals surface area contributed by atoms with Crippen LogP contribution in [0.25, 0.3) is 21.1 Å². The van der Waals surface area contributed by atoms with E-state index in [2.05, 4.69) is 38.1 Å². The molecular formula is C22H19N3OS. The summed E-state index contributed by atoms with van der Waals surface area (Å²) in [6.07, 6.45) is 0.869. The van der Waals surface area contributed by atoms with Gasteiger partial charge in [-0.15, -0.1) is 11.3 Å². The van der Waals surface area contributed by atoms with Crippen LogP contribution in [-0.4, -0.2) is 16.9 Å². The number of anilines is 2. The standard InChI is InChI=1S/C22H19N3OS/c1-12-7-8-14-11-16-19(23)20(27-21(16)24-17(14)9-12)22(26)25-13(2)10-15-5-3-4-6-18(15)25/h3-9,11,13H,10,23H2,1-2H3/t13-/m1/s1. The third-order valence-electron chi connectivity index (χ3n) is 5.29. The first kappa shape index (κ1) is 16.3. The van der Waals surface area contributed by atoms with Gasteiger partial charge in [-0.2, -0.15) is 0 Å². The molecule has 2 N–H and O–H groups in total. The maximum absolute atomic E-state index is 13.4. The average molecular weight is 373 g/mol. The monoisotopic (exact) mass is 373 g/mol. The summed E-state index contributed by atoms with van der Waals surface area (Å²) in [6.45, 7) is 4.13. The zero-order valence-corrected chi connectivity index (χ0v) is 16.0. The van der Waals surface area contributed by atoms with Crippen molar-refractivity contribution in [2.45, 2.75) is 26.3 Å². The molecule has 4 aromatic rings. The van der Waals surface area contributed by atoms with Gasteiger partial charge in [-0.25, -0.2) is 4.98 Å². The van der Waals surface area contributed by atoms with Crippen LogP contribution in [0.2, 0.25) is 0 Å². The molecule has 3 heterocycles. The number of amides is 1. The maximum Gasteiger partial charge on any atom is 0.270 e. The number of carbonyl (C=O) groups excluding carboxylic acids is 1. The molecule has 1 aliphatic rings. The summed E-state index contributed by atoms with van der Waals surface area (Å²) in [6, 6.07) is 16.4. The second-order valence-electron chi connectivity index (χ2n) is 7.24. The molecule has 1 amide bonds. The molecule has 4 nitrogen and oxygen atoms in total. The lowest BCUT2D eigenvalue weighted by Crippen LogP contribution is -2.35. The quantitative estimate of drug-likeness (QED) is 0.514. The minimum Gasteiger partial charge on any atom is -0.397 e. The number of aryl methyl sites for hydroxylation is 1. The first-order valence-corrected chi connectivity index (χ1v) is 9.85. The van der Waals surface area contributed by atoms with Crippen molar-refractivity contribution in [3.05, 3.63) is 64.5 Å². The molecule has 0 bridgehead atoms. The third kappa shape index (κ3) is 2.42. The molecule has 0 saturated carbocycles. The molecule has 1 aliphatic heterocycles. The average Bonchev–Trinajstić information content (AvgIpc) is 3.15. The van der Waals surface area contributed by atoms with Crippen LogP contribution in [0.4, 0.5) is 11.4 Å². The lowest BCUT2D eigenvalue weighted by atomic mass is 10.1. The van der Waals surface area contributed by atoms with E-state index in [4.69, 9.17) is 10.7 Å². The summed E-state index contributed by atoms with van der Waals surface area (Å²) in [4.78, 5) is 21.4. The lowest BCUT2D eigenvalue weighted by molar-refractivity contribution is 0.0986. The predicted molar refractivity (Wildman–Crippen MR) is 113 cm³/mol. The first-order chi connectivity index (χ1) is 13.0. The summed E-state index contributed by atoms with van der Waals surface area (Å²) < 4.78 is 0. The maximum atomic E-state index is 13.4. The molecule has 2 aromatic carbocycles. The number of fused-ring (bicyclic) bond motifs is 3. The van der Waals surface area contributed by atoms with E-state index in [0.717, 1.165) is 38.8 Å². The summed E-state index contributed by atoms with van der Waals surface area (Å²) in [7, 11) is 0. The van der Waals surface area contributed by atoms with Gasteiger partial charge in [0.15, 0.2) is 0 Å². The molecule has 27 heavy (non-hydrogen) atoms. The number of rotatable bonds is 1. The van der Waals surface area contributed by atoms with Gasteiger partial charge in [-0.3, -0.25) is 4.79 Å². The molecule has 2 aromatic heterocycles. The largest absolute Gasteiger partial charge is 0.397 e. The Kier molecular flexibility index (Phi) is 3.49. The highest BCUT2D eigenvalue weighted by Crippen LogP contribution is 2.39. The Morgan fingerprint density at radius 3 is 2.89 bits per heavy atom. The van der Waals surface area contributed by atoms with Gasteiger partial charge >= 0.3 is 0 Å². The van der Waals surface area contributed by atoms with Crippen LogP contribution in [0.15, 0.2) is 48.5 Å². The normalized spacial score (nSPS) is 16.2. The minimum atomic E-state index is -0.0341. The number of benzene rings is 2. The van der Waals surface area contributed by atoms with Crippen molar-refractivity contribution in [1.29, 1.82) is 0 Å². The van der Waals surface area contributed by atoms with Crippen molar-refractivity contribution < 1.29 is 4.79 Å². The van der Waals surface area contributed by atoms with Gasteiger partial charge in [0.05, 0.1) is 11.2 Å². The number of thiophene rings is 1. The highest BCUT2D eigenvalue weighted by Gasteiger charge is 2.33. The summed E-state index contributed by atoms with van der Waals surface area (Å²) in [5.74, 6) is -0.0341. The van der Waals surface area contributed by atoms with Crippen molar-refractivity contribution in [2.75, 3.05) is 10.6 Å². The van der Waals surface area contributed by atoms with Gasteiger partial charge in [0, 0.05) is 22.5 Å². The number of pyridine rings is 1. The fourth-order valence-corrected chi connectivity index (χ4v) is 4.97. The summed E-state index contributed by atoms with van der Waals surface area (Å²) in [5, 5.41) is 1.90. The number of nitrogen functional groups attached to an aromatic ring is 1. The molecule has 0 saturated heterocycles. The fraction of sp³-hybridized carbons (Fsp3) is 0.182. The number of nitrogens with two attached hydrogens (primary N) is 1. The topological polar surface area (TPSA) is 59.2 Å². The number of hydrogen-bond donors (Lipinski definition) is 1. The van der Waals surface area contributed by atoms with Crippen LogP contribution in [-0.2, 0) is 6.42 Å². The minimum absolute atomic E-state index is 0.0341. The van der Waals surface area contributed by atoms with Gasteiger partial charge in [0.25, 0.3) is 5.91 Å². The van der Waals surface area contributed by atoms with Gasteiger partial charge in [-0.05, 0) is 49.6 Å². The number of carbonyl (C=O) groups is 1. The Morgan fingerprint density at radius 1 is 1.22 bits per heavy atom. The van der Waals surface area contributed by atoms with Gasteiger partial charge in [-0.1, -0.05) is 30.3 Å². The lowest BCUT2D eigenvalue weighted by Gasteiger charge is -2.22. The van der Waals surface area contributed by atoms with Crippen LogP contribution in [0, 0.1) is 6.92 Å². The SMILES string of the molecule is Cc1ccc2cc3c(N)c(C(=O)N4c5ccccc5C[C@H]4C)sc3nc2c1. The second kappa shape index (κ2) is 5.79.